The molecule has 0 saturated carbocycles. The number of carbonyl (C=O) groups is 4. The van der Waals surface area contributed by atoms with Gasteiger partial charge < -0.3 is 63.4 Å². The summed E-state index contributed by atoms with van der Waals surface area (Å²) in [7, 11) is 5.24. The lowest BCUT2D eigenvalue weighted by atomic mass is 9.87. The van der Waals surface area contributed by atoms with Gasteiger partial charge in [-0.2, -0.15) is 0 Å². The highest BCUT2D eigenvalue weighted by atomic mass is 16.6. The lowest BCUT2D eigenvalue weighted by Crippen LogP contribution is -2.44. The van der Waals surface area contributed by atoms with Crippen molar-refractivity contribution in [1.29, 1.82) is 0 Å². The average molecular weight is 1080 g/mol. The predicted molar refractivity (Wildman–Crippen MR) is 300 cm³/mol. The van der Waals surface area contributed by atoms with E-state index in [1.807, 2.05) is 31.3 Å². The van der Waals surface area contributed by atoms with E-state index in [0.717, 1.165) is 76.8 Å². The molecule has 4 aromatic rings. The summed E-state index contributed by atoms with van der Waals surface area (Å²) in [5.41, 5.74) is 6.54. The number of fused-ring (bicyclic) bond motifs is 1. The highest BCUT2D eigenvalue weighted by Gasteiger charge is 2.28. The highest BCUT2D eigenvalue weighted by Crippen LogP contribution is 2.34. The van der Waals surface area contributed by atoms with Crippen molar-refractivity contribution < 1.29 is 52.3 Å². The van der Waals surface area contributed by atoms with Crippen LogP contribution in [0.5, 0.6) is 0 Å². The van der Waals surface area contributed by atoms with Gasteiger partial charge in [0, 0.05) is 94.0 Å². The van der Waals surface area contributed by atoms with Crippen LogP contribution in [0.1, 0.15) is 93.2 Å². The minimum absolute atomic E-state index is 0.0557. The third-order valence-corrected chi connectivity index (χ3v) is 14.6. The van der Waals surface area contributed by atoms with Gasteiger partial charge in [0.05, 0.1) is 103 Å². The van der Waals surface area contributed by atoms with E-state index < -0.39 is 0 Å². The van der Waals surface area contributed by atoms with Gasteiger partial charge in [-0.3, -0.25) is 24.2 Å². The number of benzene rings is 3. The fourth-order valence-corrected chi connectivity index (χ4v) is 10.0. The smallest absolute Gasteiger partial charge is 0.255 e. The van der Waals surface area contributed by atoms with Crippen molar-refractivity contribution in [2.45, 2.75) is 57.4 Å². The maximum absolute atomic E-state index is 14.1. The van der Waals surface area contributed by atoms with Crippen LogP contribution >= 0.6 is 0 Å². The number of aryl methyl sites for hydroxylation is 1. The molecule has 4 amide bonds. The zero-order valence-corrected chi connectivity index (χ0v) is 46.3. The number of pyridine rings is 1. The third kappa shape index (κ3) is 18.9. The molecule has 1 aliphatic carbocycles. The fraction of sp³-hybridized carbons (Fsp3) is 0.550. The summed E-state index contributed by atoms with van der Waals surface area (Å²) in [6, 6.07) is 24.5. The average Bonchev–Trinajstić information content (AvgIpc) is 3.54. The summed E-state index contributed by atoms with van der Waals surface area (Å²) in [5, 5.41) is 6.39. The van der Waals surface area contributed by atoms with Crippen LogP contribution in [0, 0.1) is 5.92 Å². The number of rotatable bonds is 32. The number of hydrogen-bond acceptors (Lipinski definition) is 14. The molecule has 18 heteroatoms. The number of methoxy groups -OCH3 is 1. The van der Waals surface area contributed by atoms with Gasteiger partial charge >= 0.3 is 0 Å². The quantitative estimate of drug-likeness (QED) is 0.0488. The Kier molecular flexibility index (Phi) is 25.3. The van der Waals surface area contributed by atoms with Crippen LogP contribution in [0.4, 0.5) is 11.4 Å². The van der Waals surface area contributed by atoms with Gasteiger partial charge in [0.2, 0.25) is 5.91 Å². The van der Waals surface area contributed by atoms with Crippen LogP contribution in [0.3, 0.4) is 0 Å². The van der Waals surface area contributed by atoms with E-state index in [1.165, 1.54) is 17.5 Å². The van der Waals surface area contributed by atoms with Crippen molar-refractivity contribution in [3.05, 3.63) is 113 Å². The molecule has 0 radical (unpaired) electrons. The molecular weight excluding hydrogens is 995 g/mol. The molecule has 7 rings (SSSR count). The number of nitrogens with one attached hydrogen (secondary N) is 2. The summed E-state index contributed by atoms with van der Waals surface area (Å²) < 4.78 is 38.1. The first kappa shape index (κ1) is 59.8. The third-order valence-electron chi connectivity index (χ3n) is 14.6. The molecule has 1 aromatic heterocycles. The maximum Gasteiger partial charge on any atom is 0.255 e. The van der Waals surface area contributed by atoms with Crippen molar-refractivity contribution >= 4 is 35.0 Å². The van der Waals surface area contributed by atoms with Gasteiger partial charge in [0.15, 0.2) is 0 Å². The Bertz CT molecular complexity index is 2480. The number of aromatic nitrogens is 1. The summed E-state index contributed by atoms with van der Waals surface area (Å²) >= 11 is 0. The molecule has 0 bridgehead atoms. The summed E-state index contributed by atoms with van der Waals surface area (Å²) in [6.07, 6.45) is 9.44. The van der Waals surface area contributed by atoms with Crippen LogP contribution in [-0.4, -0.2) is 196 Å². The van der Waals surface area contributed by atoms with Crippen molar-refractivity contribution in [3.63, 3.8) is 0 Å². The summed E-state index contributed by atoms with van der Waals surface area (Å²) in [5.74, 6) is -0.652. The molecule has 0 spiro atoms. The minimum Gasteiger partial charge on any atom is -0.382 e. The molecule has 1 atom stereocenters. The number of amides is 4. The van der Waals surface area contributed by atoms with E-state index in [2.05, 4.69) is 38.6 Å². The number of nitrogens with zero attached hydrogens (tertiary/aromatic N) is 5. The minimum atomic E-state index is -0.364. The zero-order chi connectivity index (χ0) is 54.7. The molecule has 3 heterocycles. The molecule has 1 unspecified atom stereocenters. The first-order valence-corrected chi connectivity index (χ1v) is 28.0. The monoisotopic (exact) mass is 1080 g/mol. The van der Waals surface area contributed by atoms with Gasteiger partial charge in [-0.1, -0.05) is 30.3 Å². The van der Waals surface area contributed by atoms with Gasteiger partial charge in [0.1, 0.15) is 0 Å². The molecule has 3 aliphatic rings. The van der Waals surface area contributed by atoms with Gasteiger partial charge in [-0.25, -0.2) is 0 Å². The van der Waals surface area contributed by atoms with Crippen LogP contribution < -0.4 is 15.5 Å². The number of hydrogen-bond donors (Lipinski definition) is 2. The first-order chi connectivity index (χ1) is 38.2. The summed E-state index contributed by atoms with van der Waals surface area (Å²) in [6.45, 7) is 11.5. The summed E-state index contributed by atoms with van der Waals surface area (Å²) in [4.78, 5) is 67.8. The Balaban J connectivity index is 0.803. The lowest BCUT2D eigenvalue weighted by Gasteiger charge is -2.34. The molecule has 2 saturated heterocycles. The Labute approximate surface area is 461 Å². The molecule has 2 fully saturated rings. The van der Waals surface area contributed by atoms with Crippen LogP contribution in [0.2, 0.25) is 0 Å². The van der Waals surface area contributed by atoms with Crippen LogP contribution in [-0.2, 0) is 44.4 Å². The van der Waals surface area contributed by atoms with Crippen molar-refractivity contribution in [2.75, 3.05) is 163 Å². The van der Waals surface area contributed by atoms with Gasteiger partial charge in [-0.15, -0.1) is 0 Å². The highest BCUT2D eigenvalue weighted by molar-refractivity contribution is 6.08. The van der Waals surface area contributed by atoms with E-state index in [9.17, 15) is 19.2 Å². The Morgan fingerprint density at radius 1 is 0.603 bits per heavy atom. The molecule has 3 aromatic carbocycles. The molecule has 2 N–H and O–H groups in total. The fourth-order valence-electron chi connectivity index (χ4n) is 10.0. The second-order valence-electron chi connectivity index (χ2n) is 20.1. The number of carbonyl (C=O) groups excluding carboxylic acids is 4. The number of anilines is 2. The van der Waals surface area contributed by atoms with Crippen molar-refractivity contribution in [2.24, 2.45) is 5.92 Å². The van der Waals surface area contributed by atoms with Gasteiger partial charge in [-0.05, 0) is 124 Å². The van der Waals surface area contributed by atoms with Gasteiger partial charge in [0.25, 0.3) is 17.7 Å². The molecular formula is C60H83N7O11. The normalized spacial score (nSPS) is 15.9. The number of likely N-dealkylation sites (N-methyl/N-ethyl adjacent to an activating group) is 2. The molecule has 78 heavy (non-hydrogen) atoms. The zero-order valence-electron chi connectivity index (χ0n) is 46.3. The van der Waals surface area contributed by atoms with Crippen molar-refractivity contribution in [1.82, 2.24) is 25.0 Å². The first-order valence-electron chi connectivity index (χ1n) is 28.0. The topological polar surface area (TPSA) is 183 Å². The number of piperidine rings is 2. The lowest BCUT2D eigenvalue weighted by molar-refractivity contribution is -0.136. The predicted octanol–water partition coefficient (Wildman–Crippen LogP) is 6.79. The maximum atomic E-state index is 14.1. The van der Waals surface area contributed by atoms with E-state index in [4.69, 9.17) is 38.1 Å². The van der Waals surface area contributed by atoms with E-state index >= 15 is 0 Å². The van der Waals surface area contributed by atoms with Crippen LogP contribution in [0.25, 0.3) is 11.3 Å². The Hall–Kier alpha value is -5.83. The van der Waals surface area contributed by atoms with E-state index in [1.54, 1.807) is 66.6 Å². The molecule has 424 valence electrons. The number of ether oxygens (including phenoxy) is 7. The second kappa shape index (κ2) is 32.9. The molecule has 2 aliphatic heterocycles. The second-order valence-corrected chi connectivity index (χ2v) is 20.1. The largest absolute Gasteiger partial charge is 0.382 e. The van der Waals surface area contributed by atoms with E-state index in [0.29, 0.717) is 139 Å². The Morgan fingerprint density at radius 3 is 1.91 bits per heavy atom. The van der Waals surface area contributed by atoms with E-state index in [-0.39, 0.29) is 35.6 Å². The standard InChI is InChI=1S/C60H83N7O11/c1-64(27-28-66-25-20-47(21-26-66)59(70)65(2)29-30-73-33-34-75-37-38-77-41-42-78-40-39-76-36-35-74-32-31-72-3)60(71)50-14-9-13-48(43-50)57(68)63-55-18-17-51(67-23-7-4-8-24-67)45-53(55)56-44-49(19-22-61-56)58(69)62-54-16-10-12-46-11-5-6-15-52(46)54/h5-6,9,11,13-15,17-19,22,43-45,47,54H,4,7-8,10,12,16,20-21,23-42H2,1-3H3,(H,62,69)(H,63,68). The SMILES string of the molecule is COCCOCCOCCOCCOCCOCCOCCN(C)C(=O)C1CCN(CCN(C)C(=O)c2cccc(C(=O)Nc3ccc(N4CCCCC4)cc3-c3cc(C(=O)NC4CCCc5ccccc54)ccn3)c2)CC1. The van der Waals surface area contributed by atoms with Crippen LogP contribution in [0.15, 0.2) is 85.1 Å². The van der Waals surface area contributed by atoms with Crippen molar-refractivity contribution in [3.8, 4) is 11.3 Å². The Morgan fingerprint density at radius 2 is 1.23 bits per heavy atom. The molecule has 18 nitrogen and oxygen atoms in total. The number of likely N-dealkylation sites (tertiary alicyclic amines) is 1.